The predicted octanol–water partition coefficient (Wildman–Crippen LogP) is 0.463. The van der Waals surface area contributed by atoms with Crippen LogP contribution < -0.4 is 0 Å². The second-order valence-electron chi connectivity index (χ2n) is 2.70. The molecule has 0 unspecified atom stereocenters. The molecule has 0 spiro atoms. The number of aliphatic hydroxyl groups excluding tert-OH is 1. The first-order valence-electron chi connectivity index (χ1n) is 3.54. The highest BCUT2D eigenvalue weighted by Gasteiger charge is 2.24. The lowest BCUT2D eigenvalue weighted by Crippen LogP contribution is -2.13. The number of rotatable bonds is 1. The van der Waals surface area contributed by atoms with E-state index in [1.807, 2.05) is 0 Å². The molecule has 0 aliphatic heterocycles. The number of carbonyl (C=O) groups excluding carboxylic acids is 1. The minimum Gasteiger partial charge on any atom is -0.462 e. The van der Waals surface area contributed by atoms with Gasteiger partial charge in [0, 0.05) is 13.3 Å². The summed E-state index contributed by atoms with van der Waals surface area (Å²) in [7, 11) is 0. The Hall–Kier alpha value is -0.570. The molecule has 1 aliphatic carbocycles. The summed E-state index contributed by atoms with van der Waals surface area (Å²) in [4.78, 5) is 10.4. The number of hydrogen-bond acceptors (Lipinski definition) is 3. The molecule has 0 aromatic carbocycles. The molecule has 2 atom stereocenters. The van der Waals surface area contributed by atoms with Crippen molar-refractivity contribution in [2.45, 2.75) is 38.4 Å². The largest absolute Gasteiger partial charge is 0.462 e. The maximum Gasteiger partial charge on any atom is 0.302 e. The summed E-state index contributed by atoms with van der Waals surface area (Å²) >= 11 is 0. The molecule has 58 valence electrons. The lowest BCUT2D eigenvalue weighted by molar-refractivity contribution is -0.146. The van der Waals surface area contributed by atoms with Crippen molar-refractivity contribution in [1.29, 1.82) is 0 Å². The molecule has 10 heavy (non-hydrogen) atoms. The standard InChI is InChI=1S/C7H12O3/c1-5(8)10-7-3-2-6(9)4-7/h6-7,9H,2-4H2,1H3/t6-,7+/m1/s1. The van der Waals surface area contributed by atoms with Crippen molar-refractivity contribution < 1.29 is 14.6 Å². The van der Waals surface area contributed by atoms with E-state index < -0.39 is 0 Å². The number of ether oxygens (including phenoxy) is 1. The van der Waals surface area contributed by atoms with Crippen molar-refractivity contribution in [3.8, 4) is 0 Å². The second-order valence-corrected chi connectivity index (χ2v) is 2.70. The Morgan fingerprint density at radius 2 is 2.30 bits per heavy atom. The van der Waals surface area contributed by atoms with Crippen molar-refractivity contribution >= 4 is 5.97 Å². The van der Waals surface area contributed by atoms with Crippen LogP contribution in [0.25, 0.3) is 0 Å². The maximum absolute atomic E-state index is 10.4. The van der Waals surface area contributed by atoms with Crippen molar-refractivity contribution in [1.82, 2.24) is 0 Å². The Balaban J connectivity index is 2.24. The zero-order valence-corrected chi connectivity index (χ0v) is 6.04. The third kappa shape index (κ3) is 1.99. The van der Waals surface area contributed by atoms with E-state index >= 15 is 0 Å². The zero-order valence-electron chi connectivity index (χ0n) is 6.04. The van der Waals surface area contributed by atoms with Crippen LogP contribution in [0.2, 0.25) is 0 Å². The van der Waals surface area contributed by atoms with Gasteiger partial charge in [-0.15, -0.1) is 0 Å². The van der Waals surface area contributed by atoms with Crippen LogP contribution in [-0.2, 0) is 9.53 Å². The van der Waals surface area contributed by atoms with Gasteiger partial charge in [0.2, 0.25) is 0 Å². The van der Waals surface area contributed by atoms with Gasteiger partial charge in [-0.05, 0) is 12.8 Å². The van der Waals surface area contributed by atoms with Gasteiger partial charge in [0.15, 0.2) is 0 Å². The minimum atomic E-state index is -0.260. The molecule has 1 N–H and O–H groups in total. The summed E-state index contributed by atoms with van der Waals surface area (Å²) in [6, 6.07) is 0. The molecular formula is C7H12O3. The normalized spacial score (nSPS) is 32.2. The SMILES string of the molecule is CC(=O)O[C@H]1CC[C@@H](O)C1. The fraction of sp³-hybridized carbons (Fsp3) is 0.857. The van der Waals surface area contributed by atoms with Gasteiger partial charge in [-0.2, -0.15) is 0 Å². The molecule has 0 radical (unpaired) electrons. The average molecular weight is 144 g/mol. The molecule has 0 bridgehead atoms. The van der Waals surface area contributed by atoms with Gasteiger partial charge in [-0.3, -0.25) is 4.79 Å². The highest BCUT2D eigenvalue weighted by atomic mass is 16.5. The monoisotopic (exact) mass is 144 g/mol. The molecule has 0 amide bonds. The van der Waals surface area contributed by atoms with Gasteiger partial charge in [-0.1, -0.05) is 0 Å². The van der Waals surface area contributed by atoms with Crippen LogP contribution >= 0.6 is 0 Å². The Bertz CT molecular complexity index is 133. The van der Waals surface area contributed by atoms with E-state index in [9.17, 15) is 4.79 Å². The fourth-order valence-corrected chi connectivity index (χ4v) is 1.26. The highest BCUT2D eigenvalue weighted by Crippen LogP contribution is 2.21. The third-order valence-corrected chi connectivity index (χ3v) is 1.69. The molecule has 0 aromatic rings. The number of esters is 1. The first-order valence-corrected chi connectivity index (χ1v) is 3.54. The van der Waals surface area contributed by atoms with Crippen molar-refractivity contribution in [2.24, 2.45) is 0 Å². The Morgan fingerprint density at radius 3 is 2.70 bits per heavy atom. The molecular weight excluding hydrogens is 132 g/mol. The van der Waals surface area contributed by atoms with E-state index in [0.717, 1.165) is 12.8 Å². The zero-order chi connectivity index (χ0) is 7.56. The molecule has 1 saturated carbocycles. The summed E-state index contributed by atoms with van der Waals surface area (Å²) in [6.07, 6.45) is 1.88. The number of hydrogen-bond donors (Lipinski definition) is 1. The van der Waals surface area contributed by atoms with Gasteiger partial charge in [0.25, 0.3) is 0 Å². The van der Waals surface area contributed by atoms with Crippen molar-refractivity contribution in [2.75, 3.05) is 0 Å². The Kier molecular flexibility index (Phi) is 2.27. The maximum atomic E-state index is 10.4. The van der Waals surface area contributed by atoms with E-state index in [2.05, 4.69) is 0 Å². The highest BCUT2D eigenvalue weighted by molar-refractivity contribution is 5.66. The first kappa shape index (κ1) is 7.54. The summed E-state index contributed by atoms with van der Waals surface area (Å²) in [5.41, 5.74) is 0. The van der Waals surface area contributed by atoms with Gasteiger partial charge in [-0.25, -0.2) is 0 Å². The molecule has 3 heteroatoms. The summed E-state index contributed by atoms with van der Waals surface area (Å²) < 4.78 is 4.88. The molecule has 1 aliphatic rings. The molecule has 0 heterocycles. The molecule has 3 nitrogen and oxygen atoms in total. The van der Waals surface area contributed by atoms with Gasteiger partial charge in [0.1, 0.15) is 6.10 Å². The lowest BCUT2D eigenvalue weighted by atomic mass is 10.3. The third-order valence-electron chi connectivity index (χ3n) is 1.69. The first-order chi connectivity index (χ1) is 4.68. The van der Waals surface area contributed by atoms with Gasteiger partial charge >= 0.3 is 5.97 Å². The minimum absolute atomic E-state index is 0.0347. The van der Waals surface area contributed by atoms with Crippen molar-refractivity contribution in [3.63, 3.8) is 0 Å². The second kappa shape index (κ2) is 3.01. The lowest BCUT2D eigenvalue weighted by Gasteiger charge is -2.08. The number of carbonyl (C=O) groups is 1. The van der Waals surface area contributed by atoms with Crippen LogP contribution in [0.1, 0.15) is 26.2 Å². The Labute approximate surface area is 60.0 Å². The topological polar surface area (TPSA) is 46.5 Å². The van der Waals surface area contributed by atoms with Crippen LogP contribution in [-0.4, -0.2) is 23.3 Å². The van der Waals surface area contributed by atoms with Crippen molar-refractivity contribution in [3.05, 3.63) is 0 Å². The molecule has 1 rings (SSSR count). The smallest absolute Gasteiger partial charge is 0.302 e. The summed E-state index contributed by atoms with van der Waals surface area (Å²) in [6.45, 7) is 1.39. The van der Waals surface area contributed by atoms with E-state index in [4.69, 9.17) is 9.84 Å². The van der Waals surface area contributed by atoms with E-state index in [1.165, 1.54) is 6.92 Å². The van der Waals surface area contributed by atoms with Crippen LogP contribution in [0.15, 0.2) is 0 Å². The molecule has 1 fully saturated rings. The van der Waals surface area contributed by atoms with E-state index in [1.54, 1.807) is 0 Å². The Morgan fingerprint density at radius 1 is 1.60 bits per heavy atom. The summed E-state index contributed by atoms with van der Waals surface area (Å²) in [5.74, 6) is -0.251. The molecule has 0 saturated heterocycles. The van der Waals surface area contributed by atoms with Crippen LogP contribution in [0.3, 0.4) is 0 Å². The van der Waals surface area contributed by atoms with Crippen LogP contribution in [0.5, 0.6) is 0 Å². The van der Waals surface area contributed by atoms with Crippen LogP contribution in [0, 0.1) is 0 Å². The van der Waals surface area contributed by atoms with E-state index in [0.29, 0.717) is 6.42 Å². The summed E-state index contributed by atoms with van der Waals surface area (Å²) in [5, 5.41) is 9.02. The number of aliphatic hydroxyl groups is 1. The van der Waals surface area contributed by atoms with Gasteiger partial charge in [0.05, 0.1) is 6.10 Å². The quantitative estimate of drug-likeness (QED) is 0.544. The van der Waals surface area contributed by atoms with Gasteiger partial charge < -0.3 is 9.84 Å². The van der Waals surface area contributed by atoms with Crippen LogP contribution in [0.4, 0.5) is 0 Å². The predicted molar refractivity (Wildman–Crippen MR) is 35.4 cm³/mol. The molecule has 0 aromatic heterocycles. The fourth-order valence-electron chi connectivity index (χ4n) is 1.26. The van der Waals surface area contributed by atoms with E-state index in [-0.39, 0.29) is 18.2 Å². The average Bonchev–Trinajstić information content (AvgIpc) is 2.13.